The lowest BCUT2D eigenvalue weighted by Crippen LogP contribution is -2.39. The van der Waals surface area contributed by atoms with Crippen LogP contribution in [0.1, 0.15) is 23.7 Å². The molecule has 0 aliphatic carbocycles. The SMILES string of the molecule is CCOC(=O)c1ccc(NCC(=O)NC2CCS(=O)(=O)C2)cc1. The van der Waals surface area contributed by atoms with E-state index in [1.165, 1.54) is 0 Å². The van der Waals surface area contributed by atoms with Gasteiger partial charge >= 0.3 is 5.97 Å². The molecule has 1 aliphatic rings. The van der Waals surface area contributed by atoms with E-state index in [1.54, 1.807) is 31.2 Å². The van der Waals surface area contributed by atoms with Crippen molar-refractivity contribution >= 4 is 27.4 Å². The Morgan fingerprint density at radius 2 is 1.96 bits per heavy atom. The minimum Gasteiger partial charge on any atom is -0.462 e. The van der Waals surface area contributed by atoms with E-state index in [9.17, 15) is 18.0 Å². The topological polar surface area (TPSA) is 102 Å². The maximum atomic E-state index is 11.8. The summed E-state index contributed by atoms with van der Waals surface area (Å²) in [5.41, 5.74) is 1.13. The predicted molar refractivity (Wildman–Crippen MR) is 86.1 cm³/mol. The molecule has 1 saturated heterocycles. The third kappa shape index (κ3) is 5.24. The molecule has 1 aromatic carbocycles. The van der Waals surface area contributed by atoms with Gasteiger partial charge in [-0.05, 0) is 37.6 Å². The van der Waals surface area contributed by atoms with E-state index in [4.69, 9.17) is 4.74 Å². The quantitative estimate of drug-likeness (QED) is 0.735. The van der Waals surface area contributed by atoms with Crippen molar-refractivity contribution < 1.29 is 22.7 Å². The van der Waals surface area contributed by atoms with E-state index in [0.717, 1.165) is 0 Å². The van der Waals surface area contributed by atoms with Gasteiger partial charge in [0.05, 0.1) is 30.2 Å². The molecule has 1 unspecified atom stereocenters. The van der Waals surface area contributed by atoms with Crippen LogP contribution in [0.25, 0.3) is 0 Å². The number of sulfone groups is 1. The van der Waals surface area contributed by atoms with Gasteiger partial charge in [0.1, 0.15) is 0 Å². The Hall–Kier alpha value is -2.09. The number of amides is 1. The van der Waals surface area contributed by atoms with Gasteiger partial charge in [-0.15, -0.1) is 0 Å². The molecule has 2 N–H and O–H groups in total. The molecule has 1 atom stereocenters. The second-order valence-electron chi connectivity index (χ2n) is 5.32. The van der Waals surface area contributed by atoms with Crippen molar-refractivity contribution in [1.82, 2.24) is 5.32 Å². The normalized spacial score (nSPS) is 19.1. The predicted octanol–water partition coefficient (Wildman–Crippen LogP) is 0.579. The summed E-state index contributed by atoms with van der Waals surface area (Å²) in [5, 5.41) is 5.62. The average molecular weight is 340 g/mol. The summed E-state index contributed by atoms with van der Waals surface area (Å²) in [5.74, 6) is -0.519. The highest BCUT2D eigenvalue weighted by Gasteiger charge is 2.28. The number of nitrogens with one attached hydrogen (secondary N) is 2. The Labute approximate surface area is 135 Å². The van der Waals surface area contributed by atoms with Crippen LogP contribution in [-0.4, -0.2) is 51.0 Å². The summed E-state index contributed by atoms with van der Waals surface area (Å²) in [7, 11) is -3.00. The molecule has 0 bridgehead atoms. The number of hydrogen-bond donors (Lipinski definition) is 2. The highest BCUT2D eigenvalue weighted by atomic mass is 32.2. The number of esters is 1. The van der Waals surface area contributed by atoms with Gasteiger partial charge in [0, 0.05) is 11.7 Å². The van der Waals surface area contributed by atoms with Crippen LogP contribution in [0.3, 0.4) is 0 Å². The Morgan fingerprint density at radius 1 is 1.26 bits per heavy atom. The van der Waals surface area contributed by atoms with Gasteiger partial charge in [0.25, 0.3) is 0 Å². The third-order valence-electron chi connectivity index (χ3n) is 3.45. The summed E-state index contributed by atoms with van der Waals surface area (Å²) in [4.78, 5) is 23.3. The molecular formula is C15H20N2O5S. The zero-order chi connectivity index (χ0) is 16.9. The second-order valence-corrected chi connectivity index (χ2v) is 7.55. The monoisotopic (exact) mass is 340 g/mol. The summed E-state index contributed by atoms with van der Waals surface area (Å²) in [6.07, 6.45) is 0.461. The van der Waals surface area contributed by atoms with Gasteiger partial charge in [0.15, 0.2) is 9.84 Å². The highest BCUT2D eigenvalue weighted by Crippen LogP contribution is 2.12. The molecule has 0 spiro atoms. The highest BCUT2D eigenvalue weighted by molar-refractivity contribution is 7.91. The van der Waals surface area contributed by atoms with E-state index < -0.39 is 9.84 Å². The first-order chi connectivity index (χ1) is 10.9. The Morgan fingerprint density at radius 3 is 2.52 bits per heavy atom. The molecule has 23 heavy (non-hydrogen) atoms. The molecule has 0 aromatic heterocycles. The first kappa shape index (κ1) is 17.3. The lowest BCUT2D eigenvalue weighted by Gasteiger charge is -2.12. The molecule has 1 fully saturated rings. The second kappa shape index (κ2) is 7.45. The number of benzene rings is 1. The standard InChI is InChI=1S/C15H20N2O5S/c1-2-22-15(19)11-3-5-12(6-4-11)16-9-14(18)17-13-7-8-23(20,21)10-13/h3-6,13,16H,2,7-10H2,1H3,(H,17,18). The number of carbonyl (C=O) groups excluding carboxylic acids is 2. The average Bonchev–Trinajstić information content (AvgIpc) is 2.84. The molecule has 8 heteroatoms. The number of anilines is 1. The van der Waals surface area contributed by atoms with Crippen molar-refractivity contribution in [3.05, 3.63) is 29.8 Å². The van der Waals surface area contributed by atoms with Gasteiger partial charge in [-0.25, -0.2) is 13.2 Å². The van der Waals surface area contributed by atoms with Crippen LogP contribution in [0.5, 0.6) is 0 Å². The van der Waals surface area contributed by atoms with E-state index in [2.05, 4.69) is 10.6 Å². The number of ether oxygens (including phenoxy) is 1. The van der Waals surface area contributed by atoms with E-state index >= 15 is 0 Å². The van der Waals surface area contributed by atoms with E-state index in [1.807, 2.05) is 0 Å². The van der Waals surface area contributed by atoms with Crippen LogP contribution in [-0.2, 0) is 19.4 Å². The van der Waals surface area contributed by atoms with Crippen molar-refractivity contribution in [3.63, 3.8) is 0 Å². The fourth-order valence-electron chi connectivity index (χ4n) is 2.31. The summed E-state index contributed by atoms with van der Waals surface area (Å²) >= 11 is 0. The van der Waals surface area contributed by atoms with Crippen molar-refractivity contribution in [2.24, 2.45) is 0 Å². The molecular weight excluding hydrogens is 320 g/mol. The van der Waals surface area contributed by atoms with Crippen LogP contribution >= 0.6 is 0 Å². The molecule has 0 radical (unpaired) electrons. The van der Waals surface area contributed by atoms with Gasteiger partial charge in [0.2, 0.25) is 5.91 Å². The first-order valence-electron chi connectivity index (χ1n) is 7.40. The van der Waals surface area contributed by atoms with Gasteiger partial charge in [-0.2, -0.15) is 0 Å². The fourth-order valence-corrected chi connectivity index (χ4v) is 3.98. The van der Waals surface area contributed by atoms with Crippen LogP contribution in [0.2, 0.25) is 0 Å². The van der Waals surface area contributed by atoms with Crippen molar-refractivity contribution in [2.45, 2.75) is 19.4 Å². The van der Waals surface area contributed by atoms with E-state index in [0.29, 0.717) is 24.3 Å². The Bertz CT molecular complexity index is 670. The van der Waals surface area contributed by atoms with E-state index in [-0.39, 0.29) is 36.0 Å². The molecule has 1 amide bonds. The zero-order valence-corrected chi connectivity index (χ0v) is 13.7. The Balaban J connectivity index is 1.79. The third-order valence-corrected chi connectivity index (χ3v) is 5.21. The van der Waals surface area contributed by atoms with Crippen molar-refractivity contribution in [2.75, 3.05) is 30.0 Å². The first-order valence-corrected chi connectivity index (χ1v) is 9.22. The summed E-state index contributed by atoms with van der Waals surface area (Å²) in [6.45, 7) is 2.09. The minimum atomic E-state index is -3.00. The molecule has 1 heterocycles. The number of carbonyl (C=O) groups is 2. The van der Waals surface area contributed by atoms with Crippen LogP contribution in [0, 0.1) is 0 Å². The molecule has 2 rings (SSSR count). The molecule has 1 aromatic rings. The summed E-state index contributed by atoms with van der Waals surface area (Å²) < 4.78 is 27.5. The van der Waals surface area contributed by atoms with Gasteiger partial charge in [-0.1, -0.05) is 0 Å². The molecule has 7 nitrogen and oxygen atoms in total. The fraction of sp³-hybridized carbons (Fsp3) is 0.467. The van der Waals surface area contributed by atoms with Crippen molar-refractivity contribution in [1.29, 1.82) is 0 Å². The smallest absolute Gasteiger partial charge is 0.338 e. The summed E-state index contributed by atoms with van der Waals surface area (Å²) in [6, 6.07) is 6.28. The van der Waals surface area contributed by atoms with Crippen LogP contribution < -0.4 is 10.6 Å². The lowest BCUT2D eigenvalue weighted by atomic mass is 10.2. The van der Waals surface area contributed by atoms with Crippen LogP contribution in [0.4, 0.5) is 5.69 Å². The van der Waals surface area contributed by atoms with Gasteiger partial charge in [-0.3, -0.25) is 4.79 Å². The molecule has 0 saturated carbocycles. The number of hydrogen-bond acceptors (Lipinski definition) is 6. The number of rotatable bonds is 6. The maximum absolute atomic E-state index is 11.8. The minimum absolute atomic E-state index is 0.00692. The van der Waals surface area contributed by atoms with Gasteiger partial charge < -0.3 is 15.4 Å². The Kier molecular flexibility index (Phi) is 5.59. The lowest BCUT2D eigenvalue weighted by molar-refractivity contribution is -0.119. The van der Waals surface area contributed by atoms with Crippen molar-refractivity contribution in [3.8, 4) is 0 Å². The molecule has 126 valence electrons. The largest absolute Gasteiger partial charge is 0.462 e. The van der Waals surface area contributed by atoms with Crippen LogP contribution in [0.15, 0.2) is 24.3 Å². The maximum Gasteiger partial charge on any atom is 0.338 e. The zero-order valence-electron chi connectivity index (χ0n) is 12.9. The molecule has 1 aliphatic heterocycles.